The van der Waals surface area contributed by atoms with Gasteiger partial charge in [-0.15, -0.1) is 0 Å². The van der Waals surface area contributed by atoms with Gasteiger partial charge in [-0.25, -0.2) is 4.98 Å². The van der Waals surface area contributed by atoms with Crippen LogP contribution in [-0.2, 0) is 4.79 Å². The third kappa shape index (κ3) is 4.48. The van der Waals surface area contributed by atoms with Crippen molar-refractivity contribution in [2.45, 2.75) is 26.2 Å². The lowest BCUT2D eigenvalue weighted by Gasteiger charge is -2.37. The van der Waals surface area contributed by atoms with Crippen LogP contribution in [0.2, 0.25) is 0 Å². The van der Waals surface area contributed by atoms with E-state index in [0.29, 0.717) is 24.5 Å². The Morgan fingerprint density at radius 1 is 1.10 bits per heavy atom. The number of hydrogen-bond acceptors (Lipinski definition) is 7. The van der Waals surface area contributed by atoms with Gasteiger partial charge in [0.25, 0.3) is 5.91 Å². The topological polar surface area (TPSA) is 86.1 Å². The summed E-state index contributed by atoms with van der Waals surface area (Å²) >= 11 is 0. The molecule has 156 valence electrons. The Balaban J connectivity index is 1.53. The smallest absolute Gasteiger partial charge is 0.253 e. The van der Waals surface area contributed by atoms with E-state index in [2.05, 4.69) is 61.3 Å². The van der Waals surface area contributed by atoms with Gasteiger partial charge in [0.2, 0.25) is 0 Å². The molecule has 1 fully saturated rings. The number of aromatic nitrogens is 2. The van der Waals surface area contributed by atoms with Gasteiger partial charge in [0.15, 0.2) is 0 Å². The van der Waals surface area contributed by atoms with Crippen molar-refractivity contribution in [2.24, 2.45) is 10.2 Å². The van der Waals surface area contributed by atoms with Crippen LogP contribution < -0.4 is 15.1 Å². The molecule has 1 saturated heterocycles. The Morgan fingerprint density at radius 2 is 1.90 bits per heavy atom. The van der Waals surface area contributed by atoms with Gasteiger partial charge < -0.3 is 15.1 Å². The van der Waals surface area contributed by atoms with E-state index in [4.69, 9.17) is 0 Å². The molecular formula is C22H27N7O. The van der Waals surface area contributed by atoms with Gasteiger partial charge in [-0.2, -0.15) is 10.2 Å². The van der Waals surface area contributed by atoms with Crippen LogP contribution >= 0.6 is 0 Å². The van der Waals surface area contributed by atoms with Gasteiger partial charge in [-0.3, -0.25) is 9.78 Å². The molecule has 1 aromatic heterocycles. The van der Waals surface area contributed by atoms with Crippen LogP contribution in [0.15, 0.2) is 58.8 Å². The molecule has 0 atom stereocenters. The molecule has 0 radical (unpaired) electrons. The van der Waals surface area contributed by atoms with Crippen LogP contribution in [0.25, 0.3) is 0 Å². The number of anilines is 3. The normalized spacial score (nSPS) is 16.6. The second-order valence-electron chi connectivity index (χ2n) is 7.81. The predicted molar refractivity (Wildman–Crippen MR) is 118 cm³/mol. The molecule has 3 heterocycles. The molecule has 8 nitrogen and oxygen atoms in total. The zero-order valence-electron chi connectivity index (χ0n) is 17.5. The molecule has 2 aliphatic rings. The zero-order valence-corrected chi connectivity index (χ0v) is 17.5. The molecule has 0 saturated carbocycles. The molecule has 0 unspecified atom stereocenters. The molecule has 0 spiro atoms. The maximum absolute atomic E-state index is 12.7. The van der Waals surface area contributed by atoms with Gasteiger partial charge >= 0.3 is 0 Å². The number of amides is 1. The van der Waals surface area contributed by atoms with Gasteiger partial charge in [0, 0.05) is 50.6 Å². The van der Waals surface area contributed by atoms with Crippen LogP contribution in [-0.4, -0.2) is 48.6 Å². The van der Waals surface area contributed by atoms with E-state index in [1.54, 1.807) is 24.8 Å². The minimum Gasteiger partial charge on any atom is -0.366 e. The SMILES string of the molecule is CC(C)c1ccc(NC(=O)C2=CN=NCC2)c(N2CCN(c3cnccn3)CC2)c1. The number of carbonyl (C=O) groups is 1. The number of azo groups is 1. The average molecular weight is 406 g/mol. The molecule has 8 heteroatoms. The highest BCUT2D eigenvalue weighted by Gasteiger charge is 2.22. The number of rotatable bonds is 5. The van der Waals surface area contributed by atoms with E-state index in [0.717, 1.165) is 43.4 Å². The summed E-state index contributed by atoms with van der Waals surface area (Å²) in [5, 5.41) is 10.9. The van der Waals surface area contributed by atoms with Crippen LogP contribution in [0, 0.1) is 0 Å². The highest BCUT2D eigenvalue weighted by Crippen LogP contribution is 2.32. The number of nitrogens with zero attached hydrogens (tertiary/aromatic N) is 6. The van der Waals surface area contributed by atoms with Crippen molar-refractivity contribution in [3.8, 4) is 0 Å². The summed E-state index contributed by atoms with van der Waals surface area (Å²) in [5.41, 5.74) is 3.81. The van der Waals surface area contributed by atoms with Crippen LogP contribution in [0.3, 0.4) is 0 Å². The van der Waals surface area contributed by atoms with Crippen LogP contribution in [0.1, 0.15) is 31.7 Å². The highest BCUT2D eigenvalue weighted by molar-refractivity contribution is 6.05. The summed E-state index contributed by atoms with van der Waals surface area (Å²) < 4.78 is 0. The van der Waals surface area contributed by atoms with Crippen molar-refractivity contribution < 1.29 is 4.79 Å². The van der Waals surface area contributed by atoms with Crippen LogP contribution in [0.5, 0.6) is 0 Å². The Hall–Kier alpha value is -3.29. The van der Waals surface area contributed by atoms with Crippen molar-refractivity contribution in [3.63, 3.8) is 0 Å². The number of piperazine rings is 1. The molecule has 0 bridgehead atoms. The largest absolute Gasteiger partial charge is 0.366 e. The van der Waals surface area contributed by atoms with Crippen molar-refractivity contribution >= 4 is 23.1 Å². The summed E-state index contributed by atoms with van der Waals surface area (Å²) in [5.74, 6) is 1.21. The Labute approximate surface area is 176 Å². The lowest BCUT2D eigenvalue weighted by molar-refractivity contribution is -0.113. The molecule has 1 amide bonds. The summed E-state index contributed by atoms with van der Waals surface area (Å²) in [7, 11) is 0. The highest BCUT2D eigenvalue weighted by atomic mass is 16.1. The lowest BCUT2D eigenvalue weighted by Crippen LogP contribution is -2.47. The zero-order chi connectivity index (χ0) is 20.9. The summed E-state index contributed by atoms with van der Waals surface area (Å²) in [6, 6.07) is 6.31. The molecule has 1 aromatic carbocycles. The number of carbonyl (C=O) groups excluding carboxylic acids is 1. The van der Waals surface area contributed by atoms with Gasteiger partial charge in [-0.1, -0.05) is 19.9 Å². The number of nitrogens with one attached hydrogen (secondary N) is 1. The number of hydrogen-bond donors (Lipinski definition) is 1. The fourth-order valence-electron chi connectivity index (χ4n) is 3.68. The van der Waals surface area contributed by atoms with E-state index in [1.807, 2.05) is 6.07 Å². The predicted octanol–water partition coefficient (Wildman–Crippen LogP) is 3.60. The first-order valence-electron chi connectivity index (χ1n) is 10.4. The van der Waals surface area contributed by atoms with Crippen molar-refractivity contribution in [1.82, 2.24) is 9.97 Å². The van der Waals surface area contributed by atoms with E-state index >= 15 is 0 Å². The Morgan fingerprint density at radius 3 is 2.57 bits per heavy atom. The van der Waals surface area contributed by atoms with Gasteiger partial charge in [0.1, 0.15) is 5.82 Å². The first kappa shape index (κ1) is 20.0. The van der Waals surface area contributed by atoms with Crippen LogP contribution in [0.4, 0.5) is 17.2 Å². The van der Waals surface area contributed by atoms with Crippen molar-refractivity contribution in [3.05, 3.63) is 54.1 Å². The molecule has 2 aliphatic heterocycles. The average Bonchev–Trinajstić information content (AvgIpc) is 2.80. The lowest BCUT2D eigenvalue weighted by atomic mass is 10.0. The van der Waals surface area contributed by atoms with Gasteiger partial charge in [0.05, 0.1) is 30.3 Å². The molecule has 0 aliphatic carbocycles. The Kier molecular flexibility index (Phi) is 6.02. The monoisotopic (exact) mass is 405 g/mol. The third-order valence-electron chi connectivity index (χ3n) is 5.50. The summed E-state index contributed by atoms with van der Waals surface area (Å²) in [4.78, 5) is 25.9. The molecule has 30 heavy (non-hydrogen) atoms. The van der Waals surface area contributed by atoms with Crippen molar-refractivity contribution in [1.29, 1.82) is 0 Å². The fourth-order valence-corrected chi connectivity index (χ4v) is 3.68. The third-order valence-corrected chi connectivity index (χ3v) is 5.50. The van der Waals surface area contributed by atoms with Crippen molar-refractivity contribution in [2.75, 3.05) is 47.8 Å². The van der Waals surface area contributed by atoms with E-state index in [1.165, 1.54) is 5.56 Å². The maximum atomic E-state index is 12.7. The minimum absolute atomic E-state index is 0.106. The minimum atomic E-state index is -0.106. The summed E-state index contributed by atoms with van der Waals surface area (Å²) in [6.45, 7) is 8.31. The van der Waals surface area contributed by atoms with Gasteiger partial charge in [-0.05, 0) is 23.6 Å². The first-order valence-corrected chi connectivity index (χ1v) is 10.4. The maximum Gasteiger partial charge on any atom is 0.253 e. The molecule has 2 aromatic rings. The molecule has 1 N–H and O–H groups in total. The first-order chi connectivity index (χ1) is 14.6. The molecule has 4 rings (SSSR count). The number of benzene rings is 1. The van der Waals surface area contributed by atoms with E-state index in [9.17, 15) is 4.79 Å². The standard InChI is InChI=1S/C22H27N7O/c1-16(2)17-3-4-19(27-22(30)18-5-6-25-26-14-18)20(13-17)28-9-11-29(12-10-28)21-15-23-7-8-24-21/h3-4,7-8,13-16H,5-6,9-12H2,1-2H3,(H,27,30). The second-order valence-corrected chi connectivity index (χ2v) is 7.81. The fraction of sp³-hybridized carbons (Fsp3) is 0.409. The Bertz CT molecular complexity index is 947. The molecular weight excluding hydrogens is 378 g/mol. The van der Waals surface area contributed by atoms with E-state index in [-0.39, 0.29) is 5.91 Å². The summed E-state index contributed by atoms with van der Waals surface area (Å²) in [6.07, 6.45) is 7.39. The van der Waals surface area contributed by atoms with E-state index < -0.39 is 0 Å². The quantitative estimate of drug-likeness (QED) is 0.821. The second kappa shape index (κ2) is 9.02.